The highest BCUT2D eigenvalue weighted by Crippen LogP contribution is 2.27. The van der Waals surface area contributed by atoms with Crippen LogP contribution in [0.5, 0.6) is 0 Å². The zero-order valence-electron chi connectivity index (χ0n) is 14.1. The predicted molar refractivity (Wildman–Crippen MR) is 100 cm³/mol. The molecule has 0 aliphatic carbocycles. The molecular formula is C18H19Cl2FN2O2. The van der Waals surface area contributed by atoms with Crippen molar-refractivity contribution in [3.05, 3.63) is 57.8 Å². The third kappa shape index (κ3) is 5.80. The third-order valence-corrected chi connectivity index (χ3v) is 3.84. The van der Waals surface area contributed by atoms with Crippen molar-refractivity contribution in [3.8, 4) is 0 Å². The number of benzene rings is 2. The Morgan fingerprint density at radius 1 is 1.16 bits per heavy atom. The zero-order valence-corrected chi connectivity index (χ0v) is 15.6. The van der Waals surface area contributed by atoms with E-state index >= 15 is 0 Å². The lowest BCUT2D eigenvalue weighted by Gasteiger charge is -2.20. The number of nitrogens with one attached hydrogen (secondary N) is 2. The lowest BCUT2D eigenvalue weighted by Crippen LogP contribution is -2.27. The fourth-order valence-corrected chi connectivity index (χ4v) is 2.58. The van der Waals surface area contributed by atoms with Gasteiger partial charge < -0.3 is 10.1 Å². The predicted octanol–water partition coefficient (Wildman–Crippen LogP) is 6.09. The molecule has 0 aliphatic rings. The molecule has 0 saturated carbocycles. The van der Waals surface area contributed by atoms with Crippen molar-refractivity contribution in [3.63, 3.8) is 0 Å². The molecule has 0 unspecified atom stereocenters. The second kappa shape index (κ2) is 7.93. The molecule has 2 aromatic carbocycles. The van der Waals surface area contributed by atoms with Crippen molar-refractivity contribution in [1.82, 2.24) is 0 Å². The van der Waals surface area contributed by atoms with Crippen molar-refractivity contribution >= 4 is 40.7 Å². The molecule has 0 spiro atoms. The number of hydrogen-bond donors (Lipinski definition) is 2. The summed E-state index contributed by atoms with van der Waals surface area (Å²) in [4.78, 5) is 11.8. The average molecular weight is 385 g/mol. The fourth-order valence-electron chi connectivity index (χ4n) is 2.04. The lowest BCUT2D eigenvalue weighted by molar-refractivity contribution is 0.0636. The second-order valence-electron chi connectivity index (χ2n) is 6.38. The summed E-state index contributed by atoms with van der Waals surface area (Å²) in [6.07, 6.45) is -0.612. The largest absolute Gasteiger partial charge is 0.444 e. The van der Waals surface area contributed by atoms with Gasteiger partial charge in [0.25, 0.3) is 0 Å². The summed E-state index contributed by atoms with van der Waals surface area (Å²) in [6.45, 7) is 5.53. The maximum Gasteiger partial charge on any atom is 0.412 e. The van der Waals surface area contributed by atoms with E-state index in [9.17, 15) is 9.18 Å². The third-order valence-electron chi connectivity index (χ3n) is 3.13. The molecule has 0 atom stereocenters. The van der Waals surface area contributed by atoms with Crippen LogP contribution in [0, 0.1) is 5.82 Å². The number of carbonyl (C=O) groups excluding carboxylic acids is 1. The summed E-state index contributed by atoms with van der Waals surface area (Å²) in [5.74, 6) is -0.460. The SMILES string of the molecule is CC(C)(C)OC(=O)Nc1ccc(F)c(NCc2c(Cl)cccc2Cl)c1. The Labute approximate surface area is 156 Å². The van der Waals surface area contributed by atoms with Crippen LogP contribution in [0.2, 0.25) is 10.0 Å². The van der Waals surface area contributed by atoms with Crippen LogP contribution in [-0.4, -0.2) is 11.7 Å². The van der Waals surface area contributed by atoms with Crippen LogP contribution >= 0.6 is 23.2 Å². The molecule has 0 saturated heterocycles. The highest BCUT2D eigenvalue weighted by molar-refractivity contribution is 6.36. The molecule has 0 aliphatic heterocycles. The highest BCUT2D eigenvalue weighted by Gasteiger charge is 2.16. The topological polar surface area (TPSA) is 50.4 Å². The molecule has 7 heteroatoms. The summed E-state index contributed by atoms with van der Waals surface area (Å²) in [5, 5.41) is 6.48. The van der Waals surface area contributed by atoms with Gasteiger partial charge >= 0.3 is 6.09 Å². The van der Waals surface area contributed by atoms with E-state index in [4.69, 9.17) is 27.9 Å². The van der Waals surface area contributed by atoms with Crippen molar-refractivity contribution in [2.24, 2.45) is 0 Å². The van der Waals surface area contributed by atoms with Gasteiger partial charge in [-0.05, 0) is 51.1 Å². The van der Waals surface area contributed by atoms with Gasteiger partial charge in [0, 0.05) is 27.8 Å². The lowest BCUT2D eigenvalue weighted by atomic mass is 10.2. The monoisotopic (exact) mass is 384 g/mol. The molecular weight excluding hydrogens is 366 g/mol. The van der Waals surface area contributed by atoms with Crippen molar-refractivity contribution < 1.29 is 13.9 Å². The van der Waals surface area contributed by atoms with Crippen LogP contribution in [0.1, 0.15) is 26.3 Å². The molecule has 4 nitrogen and oxygen atoms in total. The number of ether oxygens (including phenoxy) is 1. The van der Waals surface area contributed by atoms with E-state index in [1.165, 1.54) is 18.2 Å². The number of hydrogen-bond acceptors (Lipinski definition) is 3. The summed E-state index contributed by atoms with van der Waals surface area (Å²) in [7, 11) is 0. The molecule has 0 aromatic heterocycles. The smallest absolute Gasteiger partial charge is 0.412 e. The minimum atomic E-state index is -0.619. The molecule has 0 bridgehead atoms. The first-order valence-corrected chi connectivity index (χ1v) is 8.37. The van der Waals surface area contributed by atoms with E-state index in [0.717, 1.165) is 0 Å². The number of amides is 1. The molecule has 1 amide bonds. The average Bonchev–Trinajstić information content (AvgIpc) is 2.47. The van der Waals surface area contributed by atoms with Crippen LogP contribution < -0.4 is 10.6 Å². The molecule has 2 N–H and O–H groups in total. The van der Waals surface area contributed by atoms with Gasteiger partial charge in [0.05, 0.1) is 5.69 Å². The standard InChI is InChI=1S/C18H19Cl2FN2O2/c1-18(2,3)25-17(24)23-11-7-8-15(21)16(9-11)22-10-12-13(19)5-4-6-14(12)20/h4-9,22H,10H2,1-3H3,(H,23,24). The van der Waals surface area contributed by atoms with E-state index in [1.807, 2.05) is 0 Å². The number of rotatable bonds is 4. The van der Waals surface area contributed by atoms with Crippen molar-refractivity contribution in [2.45, 2.75) is 32.9 Å². The Morgan fingerprint density at radius 2 is 1.80 bits per heavy atom. The zero-order chi connectivity index (χ0) is 18.6. The maximum absolute atomic E-state index is 14.0. The Hall–Kier alpha value is -1.98. The van der Waals surface area contributed by atoms with Gasteiger partial charge in [-0.15, -0.1) is 0 Å². The van der Waals surface area contributed by atoms with Gasteiger partial charge in [0.2, 0.25) is 0 Å². The van der Waals surface area contributed by atoms with E-state index in [2.05, 4.69) is 10.6 Å². The summed E-state index contributed by atoms with van der Waals surface area (Å²) in [5.41, 5.74) is 0.662. The van der Waals surface area contributed by atoms with Gasteiger partial charge in [-0.1, -0.05) is 29.3 Å². The highest BCUT2D eigenvalue weighted by atomic mass is 35.5. The summed E-state index contributed by atoms with van der Waals surface area (Å²) < 4.78 is 19.2. The second-order valence-corrected chi connectivity index (χ2v) is 7.19. The fraction of sp³-hybridized carbons (Fsp3) is 0.278. The molecule has 2 aromatic rings. The maximum atomic E-state index is 14.0. The van der Waals surface area contributed by atoms with Gasteiger partial charge in [-0.25, -0.2) is 9.18 Å². The van der Waals surface area contributed by atoms with Crippen molar-refractivity contribution in [1.29, 1.82) is 0 Å². The Balaban J connectivity index is 2.10. The first-order chi connectivity index (χ1) is 11.7. The molecule has 0 radical (unpaired) electrons. The summed E-state index contributed by atoms with van der Waals surface area (Å²) in [6, 6.07) is 9.34. The first kappa shape index (κ1) is 19.3. The number of halogens is 3. The van der Waals surface area contributed by atoms with Crippen LogP contribution in [0.4, 0.5) is 20.6 Å². The molecule has 0 heterocycles. The summed E-state index contributed by atoms with van der Waals surface area (Å²) >= 11 is 12.2. The minimum absolute atomic E-state index is 0.213. The van der Waals surface area contributed by atoms with Gasteiger partial charge in [0.1, 0.15) is 11.4 Å². The van der Waals surface area contributed by atoms with Crippen LogP contribution in [-0.2, 0) is 11.3 Å². The van der Waals surface area contributed by atoms with Crippen LogP contribution in [0.15, 0.2) is 36.4 Å². The normalized spacial score (nSPS) is 11.1. The van der Waals surface area contributed by atoms with Gasteiger partial charge in [-0.2, -0.15) is 0 Å². The molecule has 2 rings (SSSR count). The van der Waals surface area contributed by atoms with Crippen LogP contribution in [0.25, 0.3) is 0 Å². The van der Waals surface area contributed by atoms with Gasteiger partial charge in [0.15, 0.2) is 0 Å². The van der Waals surface area contributed by atoms with E-state index in [0.29, 0.717) is 21.3 Å². The van der Waals surface area contributed by atoms with E-state index in [1.54, 1.807) is 39.0 Å². The molecule has 134 valence electrons. The Morgan fingerprint density at radius 3 is 2.40 bits per heavy atom. The number of carbonyl (C=O) groups is 1. The minimum Gasteiger partial charge on any atom is -0.444 e. The number of anilines is 2. The van der Waals surface area contributed by atoms with E-state index < -0.39 is 17.5 Å². The quantitative estimate of drug-likeness (QED) is 0.670. The molecule has 25 heavy (non-hydrogen) atoms. The molecule has 0 fully saturated rings. The van der Waals surface area contributed by atoms with E-state index in [-0.39, 0.29) is 12.2 Å². The van der Waals surface area contributed by atoms with Crippen LogP contribution in [0.3, 0.4) is 0 Å². The Kier molecular flexibility index (Phi) is 6.14. The van der Waals surface area contributed by atoms with Crippen molar-refractivity contribution in [2.75, 3.05) is 10.6 Å². The first-order valence-electron chi connectivity index (χ1n) is 7.62. The van der Waals surface area contributed by atoms with Gasteiger partial charge in [-0.3, -0.25) is 5.32 Å². The Bertz CT molecular complexity index is 756.